The second-order valence-electron chi connectivity index (χ2n) is 10.2. The van der Waals surface area contributed by atoms with Gasteiger partial charge < -0.3 is 15.1 Å². The van der Waals surface area contributed by atoms with E-state index in [9.17, 15) is 23.2 Å². The predicted molar refractivity (Wildman–Crippen MR) is 128 cm³/mol. The van der Waals surface area contributed by atoms with Gasteiger partial charge >= 0.3 is 6.03 Å². The largest absolute Gasteiger partial charge is 0.342 e. The molecule has 0 spiro atoms. The summed E-state index contributed by atoms with van der Waals surface area (Å²) in [5, 5.41) is 3.04. The van der Waals surface area contributed by atoms with Crippen LogP contribution in [0, 0.1) is 17.6 Å². The summed E-state index contributed by atoms with van der Waals surface area (Å²) in [4.78, 5) is 44.5. The molecule has 0 saturated carbocycles. The molecule has 192 valence electrons. The van der Waals surface area contributed by atoms with Crippen molar-refractivity contribution in [3.63, 3.8) is 0 Å². The van der Waals surface area contributed by atoms with Crippen molar-refractivity contribution in [1.82, 2.24) is 20.0 Å². The Hall–Kier alpha value is -2.55. The van der Waals surface area contributed by atoms with E-state index in [-0.39, 0.29) is 35.7 Å². The average Bonchev–Trinajstić information content (AvgIpc) is 3.35. The topological polar surface area (TPSA) is 73.0 Å². The number of rotatable bonds is 8. The van der Waals surface area contributed by atoms with Gasteiger partial charge in [0, 0.05) is 31.2 Å². The number of urea groups is 1. The lowest BCUT2D eigenvalue weighted by Gasteiger charge is -2.41. The van der Waals surface area contributed by atoms with Gasteiger partial charge in [0.1, 0.15) is 17.2 Å². The first-order valence-corrected chi connectivity index (χ1v) is 12.8. The van der Waals surface area contributed by atoms with E-state index in [1.807, 2.05) is 6.92 Å². The summed E-state index contributed by atoms with van der Waals surface area (Å²) in [6, 6.07) is 3.65. The third-order valence-corrected chi connectivity index (χ3v) is 8.14. The molecule has 0 aromatic heterocycles. The number of nitrogens with one attached hydrogen (secondary N) is 1. The van der Waals surface area contributed by atoms with Crippen LogP contribution in [0.5, 0.6) is 0 Å². The smallest absolute Gasteiger partial charge is 0.325 e. The zero-order chi connectivity index (χ0) is 25.2. The lowest BCUT2D eigenvalue weighted by Crippen LogP contribution is -2.56. The van der Waals surface area contributed by atoms with Gasteiger partial charge in [-0.3, -0.25) is 14.5 Å². The molecular formula is C26H36F2N4O3. The highest BCUT2D eigenvalue weighted by atomic mass is 19.1. The predicted octanol–water partition coefficient (Wildman–Crippen LogP) is 3.32. The summed E-state index contributed by atoms with van der Waals surface area (Å²) >= 11 is 0. The third-order valence-electron chi connectivity index (χ3n) is 8.14. The molecule has 0 radical (unpaired) electrons. The first kappa shape index (κ1) is 25.5. The van der Waals surface area contributed by atoms with E-state index in [0.717, 1.165) is 44.4 Å². The highest BCUT2D eigenvalue weighted by molar-refractivity contribution is 6.07. The van der Waals surface area contributed by atoms with Gasteiger partial charge in [-0.1, -0.05) is 19.4 Å². The number of carbonyl (C=O) groups is 3. The van der Waals surface area contributed by atoms with Crippen LogP contribution in [0.15, 0.2) is 18.2 Å². The van der Waals surface area contributed by atoms with Crippen LogP contribution in [0.4, 0.5) is 13.6 Å². The maximum atomic E-state index is 14.0. The molecule has 3 saturated heterocycles. The molecule has 0 aliphatic carbocycles. The first-order chi connectivity index (χ1) is 16.8. The first-order valence-electron chi connectivity index (χ1n) is 12.8. The fourth-order valence-corrected chi connectivity index (χ4v) is 6.10. The molecule has 2 atom stereocenters. The molecule has 3 heterocycles. The molecule has 0 bridgehead atoms. The number of hydrogen-bond acceptors (Lipinski definition) is 4. The number of benzene rings is 1. The fourth-order valence-electron chi connectivity index (χ4n) is 6.10. The van der Waals surface area contributed by atoms with Crippen molar-refractivity contribution >= 4 is 17.8 Å². The quantitative estimate of drug-likeness (QED) is 0.568. The lowest BCUT2D eigenvalue weighted by molar-refractivity contribution is -0.136. The minimum atomic E-state index is -0.944. The summed E-state index contributed by atoms with van der Waals surface area (Å²) in [5.41, 5.74) is -1.16. The SMILES string of the molecule is CCC[C@@]1(C2CCN(C(=O)Cc3c(F)cccc3F)CC2)NC(=O)N(CC[C@H]2CCCN2C)C1=O. The standard InChI is InChI=1S/C26H36F2N4O3/c1-3-12-26(24(34)32(25(35)29-26)16-11-19-6-5-13-30(19)2)18-9-14-31(15-10-18)23(33)17-20-21(27)7-4-8-22(20)28/h4,7-8,18-19H,3,5-6,9-17H2,1-2H3,(H,29,35)/t19-,26+/m1/s1. The van der Waals surface area contributed by atoms with Gasteiger partial charge in [0.2, 0.25) is 5.91 Å². The molecule has 3 aliphatic rings. The summed E-state index contributed by atoms with van der Waals surface area (Å²) in [7, 11) is 2.08. The molecule has 1 aromatic carbocycles. The van der Waals surface area contributed by atoms with Crippen LogP contribution in [-0.2, 0) is 16.0 Å². The van der Waals surface area contributed by atoms with Gasteiger partial charge in [-0.25, -0.2) is 13.6 Å². The number of hydrogen-bond donors (Lipinski definition) is 1. The Kier molecular flexibility index (Phi) is 7.73. The Morgan fingerprint density at radius 1 is 1.11 bits per heavy atom. The average molecular weight is 491 g/mol. The maximum Gasteiger partial charge on any atom is 0.325 e. The summed E-state index contributed by atoms with van der Waals surface area (Å²) in [6.45, 7) is 4.24. The second kappa shape index (κ2) is 10.6. The highest BCUT2D eigenvalue weighted by Gasteiger charge is 2.55. The van der Waals surface area contributed by atoms with Crippen molar-refractivity contribution in [2.45, 2.75) is 69.9 Å². The molecular weight excluding hydrogens is 454 g/mol. The Morgan fingerprint density at radius 3 is 2.40 bits per heavy atom. The van der Waals surface area contributed by atoms with Gasteiger partial charge in [-0.05, 0) is 70.2 Å². The van der Waals surface area contributed by atoms with Crippen molar-refractivity contribution in [3.05, 3.63) is 35.4 Å². The van der Waals surface area contributed by atoms with Crippen molar-refractivity contribution in [2.75, 3.05) is 33.2 Å². The highest BCUT2D eigenvalue weighted by Crippen LogP contribution is 2.37. The monoisotopic (exact) mass is 490 g/mol. The van der Waals surface area contributed by atoms with E-state index in [4.69, 9.17) is 0 Å². The van der Waals surface area contributed by atoms with E-state index in [2.05, 4.69) is 17.3 Å². The van der Waals surface area contributed by atoms with E-state index < -0.39 is 17.2 Å². The number of nitrogens with zero attached hydrogens (tertiary/aromatic N) is 3. The van der Waals surface area contributed by atoms with Crippen LogP contribution in [0.2, 0.25) is 0 Å². The Bertz CT molecular complexity index is 946. The molecule has 7 nitrogen and oxygen atoms in total. The molecule has 4 amide bonds. The number of halogens is 2. The minimum Gasteiger partial charge on any atom is -0.342 e. The Labute approximate surface area is 205 Å². The molecule has 9 heteroatoms. The van der Waals surface area contributed by atoms with Crippen LogP contribution in [0.3, 0.4) is 0 Å². The lowest BCUT2D eigenvalue weighted by atomic mass is 9.74. The Morgan fingerprint density at radius 2 is 1.80 bits per heavy atom. The zero-order valence-corrected chi connectivity index (χ0v) is 20.7. The number of piperidine rings is 1. The van der Waals surface area contributed by atoms with Crippen LogP contribution < -0.4 is 5.32 Å². The second-order valence-corrected chi connectivity index (χ2v) is 10.2. The zero-order valence-electron chi connectivity index (χ0n) is 20.7. The summed E-state index contributed by atoms with van der Waals surface area (Å²) in [5.74, 6) is -2.02. The van der Waals surface area contributed by atoms with Crippen LogP contribution >= 0.6 is 0 Å². The number of carbonyl (C=O) groups excluding carboxylic acids is 3. The van der Waals surface area contributed by atoms with Gasteiger partial charge in [0.25, 0.3) is 5.91 Å². The van der Waals surface area contributed by atoms with Crippen LogP contribution in [0.25, 0.3) is 0 Å². The van der Waals surface area contributed by atoms with E-state index >= 15 is 0 Å². The van der Waals surface area contributed by atoms with E-state index in [0.29, 0.717) is 44.9 Å². The summed E-state index contributed by atoms with van der Waals surface area (Å²) < 4.78 is 28.0. The van der Waals surface area contributed by atoms with Crippen molar-refractivity contribution in [3.8, 4) is 0 Å². The molecule has 1 aromatic rings. The third kappa shape index (κ3) is 5.06. The maximum absolute atomic E-state index is 14.0. The van der Waals surface area contributed by atoms with Gasteiger partial charge in [0.15, 0.2) is 0 Å². The van der Waals surface area contributed by atoms with E-state index in [1.165, 1.54) is 11.0 Å². The normalized spacial score (nSPS) is 26.0. The molecule has 3 aliphatic heterocycles. The molecule has 1 N–H and O–H groups in total. The van der Waals surface area contributed by atoms with E-state index in [1.54, 1.807) is 4.90 Å². The van der Waals surface area contributed by atoms with Crippen LogP contribution in [-0.4, -0.2) is 77.4 Å². The summed E-state index contributed by atoms with van der Waals surface area (Å²) in [6.07, 6.45) is 5.08. The van der Waals surface area contributed by atoms with Crippen molar-refractivity contribution < 1.29 is 23.2 Å². The molecule has 0 unspecified atom stereocenters. The number of likely N-dealkylation sites (tertiary alicyclic amines) is 2. The molecule has 3 fully saturated rings. The number of imide groups is 1. The Balaban J connectivity index is 1.39. The number of amides is 4. The van der Waals surface area contributed by atoms with Gasteiger partial charge in [-0.2, -0.15) is 0 Å². The van der Waals surface area contributed by atoms with Crippen LogP contribution in [0.1, 0.15) is 57.4 Å². The molecule has 4 rings (SSSR count). The van der Waals surface area contributed by atoms with Crippen molar-refractivity contribution in [2.24, 2.45) is 5.92 Å². The van der Waals surface area contributed by atoms with Crippen molar-refractivity contribution in [1.29, 1.82) is 0 Å². The minimum absolute atomic E-state index is 0.0905. The fraction of sp³-hybridized carbons (Fsp3) is 0.654. The van der Waals surface area contributed by atoms with Gasteiger partial charge in [0.05, 0.1) is 6.42 Å². The van der Waals surface area contributed by atoms with Gasteiger partial charge in [-0.15, -0.1) is 0 Å². The molecule has 35 heavy (non-hydrogen) atoms.